The summed E-state index contributed by atoms with van der Waals surface area (Å²) < 4.78 is 42.5. The summed E-state index contributed by atoms with van der Waals surface area (Å²) >= 11 is 0. The third kappa shape index (κ3) is 8.29. The molecule has 0 saturated carbocycles. The number of halogens is 1. The monoisotopic (exact) mass is 601 g/mol. The van der Waals surface area contributed by atoms with Crippen LogP contribution in [0.3, 0.4) is 0 Å². The number of nitrogens with zero attached hydrogens (tertiary/aromatic N) is 2. The lowest BCUT2D eigenvalue weighted by molar-refractivity contribution is -0.140. The standard InChI is InChI=1S/C34H36FN3O4S/c1-25(2)36-34(40)32(22-27-12-6-4-7-13-27)37(23-28-14-10-11-26(3)21-28)33(39)24-38(30-15-8-5-9-16-30)43(41,42)31-19-17-29(35)18-20-31/h4-21,25,32H,22-24H2,1-3H3,(H,36,40)/t32-/m0/s1. The summed E-state index contributed by atoms with van der Waals surface area (Å²) in [6.07, 6.45) is 0.229. The van der Waals surface area contributed by atoms with Gasteiger partial charge in [0, 0.05) is 19.0 Å². The molecule has 0 aromatic heterocycles. The van der Waals surface area contributed by atoms with Gasteiger partial charge in [0.25, 0.3) is 10.0 Å². The maximum absolute atomic E-state index is 14.4. The number of nitrogens with one attached hydrogen (secondary N) is 1. The molecule has 9 heteroatoms. The molecule has 43 heavy (non-hydrogen) atoms. The zero-order valence-corrected chi connectivity index (χ0v) is 25.3. The van der Waals surface area contributed by atoms with E-state index >= 15 is 0 Å². The van der Waals surface area contributed by atoms with Gasteiger partial charge < -0.3 is 10.2 Å². The lowest BCUT2D eigenvalue weighted by atomic mass is 10.0. The van der Waals surface area contributed by atoms with E-state index in [1.165, 1.54) is 17.0 Å². The molecule has 4 aromatic carbocycles. The number of carbonyl (C=O) groups is 2. The van der Waals surface area contributed by atoms with Crippen LogP contribution in [-0.4, -0.2) is 43.8 Å². The second-order valence-electron chi connectivity index (χ2n) is 10.7. The van der Waals surface area contributed by atoms with Crippen molar-refractivity contribution >= 4 is 27.5 Å². The molecule has 4 rings (SSSR count). The van der Waals surface area contributed by atoms with E-state index in [4.69, 9.17) is 0 Å². The van der Waals surface area contributed by atoms with Crippen molar-refractivity contribution < 1.29 is 22.4 Å². The van der Waals surface area contributed by atoms with Gasteiger partial charge in [-0.2, -0.15) is 0 Å². The SMILES string of the molecule is Cc1cccc(CN(C(=O)CN(c2ccccc2)S(=O)(=O)c2ccc(F)cc2)[C@@H](Cc2ccccc2)C(=O)NC(C)C)c1. The van der Waals surface area contributed by atoms with Crippen LogP contribution in [0.4, 0.5) is 10.1 Å². The van der Waals surface area contributed by atoms with Gasteiger partial charge in [0.2, 0.25) is 11.8 Å². The van der Waals surface area contributed by atoms with Gasteiger partial charge in [0.15, 0.2) is 0 Å². The first-order chi connectivity index (χ1) is 20.5. The highest BCUT2D eigenvalue weighted by atomic mass is 32.2. The molecule has 7 nitrogen and oxygen atoms in total. The van der Waals surface area contributed by atoms with Crippen LogP contribution < -0.4 is 9.62 Å². The van der Waals surface area contributed by atoms with Crippen LogP contribution in [-0.2, 0) is 32.6 Å². The third-order valence-corrected chi connectivity index (χ3v) is 8.65. The van der Waals surface area contributed by atoms with Gasteiger partial charge in [-0.1, -0.05) is 78.4 Å². The van der Waals surface area contributed by atoms with E-state index in [1.807, 2.05) is 75.4 Å². The maximum atomic E-state index is 14.4. The van der Waals surface area contributed by atoms with Crippen LogP contribution in [0.5, 0.6) is 0 Å². The summed E-state index contributed by atoms with van der Waals surface area (Å²) in [5, 5.41) is 2.94. The average Bonchev–Trinajstić information content (AvgIpc) is 2.98. The maximum Gasteiger partial charge on any atom is 0.264 e. The molecular formula is C34H36FN3O4S. The van der Waals surface area contributed by atoms with Crippen LogP contribution in [0.1, 0.15) is 30.5 Å². The fraction of sp³-hybridized carbons (Fsp3) is 0.235. The van der Waals surface area contributed by atoms with Gasteiger partial charge in [-0.3, -0.25) is 13.9 Å². The molecular weight excluding hydrogens is 565 g/mol. The number of aryl methyl sites for hydroxylation is 1. The summed E-state index contributed by atoms with van der Waals surface area (Å²) in [7, 11) is -4.28. The van der Waals surface area contributed by atoms with Crippen molar-refractivity contribution in [2.45, 2.75) is 50.7 Å². The van der Waals surface area contributed by atoms with E-state index in [-0.39, 0.29) is 35.5 Å². The molecule has 4 aromatic rings. The summed E-state index contributed by atoms with van der Waals surface area (Å²) in [5.74, 6) is -1.48. The summed E-state index contributed by atoms with van der Waals surface area (Å²) in [4.78, 5) is 29.3. The highest BCUT2D eigenvalue weighted by Crippen LogP contribution is 2.25. The second-order valence-corrected chi connectivity index (χ2v) is 12.5. The zero-order chi connectivity index (χ0) is 31.0. The Morgan fingerprint density at radius 3 is 2.02 bits per heavy atom. The van der Waals surface area contributed by atoms with E-state index in [0.29, 0.717) is 0 Å². The number of anilines is 1. The Bertz CT molecular complexity index is 1630. The third-order valence-electron chi connectivity index (χ3n) is 6.86. The molecule has 0 fully saturated rings. The number of carbonyl (C=O) groups excluding carboxylic acids is 2. The Balaban J connectivity index is 1.79. The largest absolute Gasteiger partial charge is 0.352 e. The molecule has 0 radical (unpaired) electrons. The number of sulfonamides is 1. The molecule has 0 bridgehead atoms. The average molecular weight is 602 g/mol. The molecule has 0 heterocycles. The molecule has 0 spiro atoms. The fourth-order valence-electron chi connectivity index (χ4n) is 4.80. The molecule has 0 saturated heterocycles. The summed E-state index contributed by atoms with van der Waals surface area (Å²) in [6, 6.07) is 28.6. The molecule has 2 amide bonds. The Hall–Kier alpha value is -4.50. The molecule has 1 atom stereocenters. The van der Waals surface area contributed by atoms with Gasteiger partial charge in [0.1, 0.15) is 18.4 Å². The van der Waals surface area contributed by atoms with Gasteiger partial charge in [-0.15, -0.1) is 0 Å². The first kappa shape index (κ1) is 31.4. The highest BCUT2D eigenvalue weighted by molar-refractivity contribution is 7.92. The predicted octanol–water partition coefficient (Wildman–Crippen LogP) is 5.49. The highest BCUT2D eigenvalue weighted by Gasteiger charge is 2.34. The summed E-state index contributed by atoms with van der Waals surface area (Å²) in [5.41, 5.74) is 2.91. The van der Waals surface area contributed by atoms with Gasteiger partial charge in [-0.05, 0) is 68.3 Å². The van der Waals surface area contributed by atoms with Crippen molar-refractivity contribution in [1.29, 1.82) is 0 Å². The van der Waals surface area contributed by atoms with Crippen LogP contribution in [0.25, 0.3) is 0 Å². The fourth-order valence-corrected chi connectivity index (χ4v) is 6.21. The van der Waals surface area contributed by atoms with Crippen LogP contribution in [0, 0.1) is 12.7 Å². The molecule has 0 unspecified atom stereocenters. The molecule has 1 N–H and O–H groups in total. The van der Waals surface area contributed by atoms with Crippen molar-refractivity contribution in [3.8, 4) is 0 Å². The smallest absolute Gasteiger partial charge is 0.264 e. The van der Waals surface area contributed by atoms with Crippen molar-refractivity contribution in [1.82, 2.24) is 10.2 Å². The Labute approximate surface area is 253 Å². The first-order valence-electron chi connectivity index (χ1n) is 14.1. The number of para-hydroxylation sites is 1. The zero-order valence-electron chi connectivity index (χ0n) is 24.5. The van der Waals surface area contributed by atoms with E-state index in [0.717, 1.165) is 33.1 Å². The van der Waals surface area contributed by atoms with Crippen molar-refractivity contribution in [3.05, 3.63) is 132 Å². The van der Waals surface area contributed by atoms with Gasteiger partial charge in [0.05, 0.1) is 10.6 Å². The quantitative estimate of drug-likeness (QED) is 0.233. The van der Waals surface area contributed by atoms with Gasteiger partial charge in [-0.25, -0.2) is 12.8 Å². The van der Waals surface area contributed by atoms with Crippen LogP contribution in [0.2, 0.25) is 0 Å². The second kappa shape index (κ2) is 14.1. The predicted molar refractivity (Wildman–Crippen MR) is 166 cm³/mol. The van der Waals surface area contributed by atoms with Crippen molar-refractivity contribution in [2.75, 3.05) is 10.8 Å². The number of amides is 2. The van der Waals surface area contributed by atoms with E-state index in [9.17, 15) is 22.4 Å². The molecule has 0 aliphatic heterocycles. The van der Waals surface area contributed by atoms with Gasteiger partial charge >= 0.3 is 0 Å². The Morgan fingerprint density at radius 2 is 1.42 bits per heavy atom. The minimum Gasteiger partial charge on any atom is -0.352 e. The number of hydrogen-bond acceptors (Lipinski definition) is 4. The number of hydrogen-bond donors (Lipinski definition) is 1. The molecule has 0 aliphatic carbocycles. The van der Waals surface area contributed by atoms with Crippen molar-refractivity contribution in [2.24, 2.45) is 0 Å². The van der Waals surface area contributed by atoms with Crippen LogP contribution >= 0.6 is 0 Å². The minimum atomic E-state index is -4.28. The van der Waals surface area contributed by atoms with E-state index in [1.54, 1.807) is 30.3 Å². The lowest BCUT2D eigenvalue weighted by Gasteiger charge is -2.34. The Kier molecular flexibility index (Phi) is 10.3. The lowest BCUT2D eigenvalue weighted by Crippen LogP contribution is -2.54. The first-order valence-corrected chi connectivity index (χ1v) is 15.5. The molecule has 224 valence electrons. The van der Waals surface area contributed by atoms with Crippen LogP contribution in [0.15, 0.2) is 114 Å². The minimum absolute atomic E-state index is 0.0861. The number of benzene rings is 4. The van der Waals surface area contributed by atoms with E-state index < -0.39 is 34.3 Å². The molecule has 0 aliphatic rings. The van der Waals surface area contributed by atoms with Crippen molar-refractivity contribution in [3.63, 3.8) is 0 Å². The Morgan fingerprint density at radius 1 is 0.814 bits per heavy atom. The normalized spacial score (nSPS) is 12.0. The van der Waals surface area contributed by atoms with E-state index in [2.05, 4.69) is 5.32 Å². The number of rotatable bonds is 12. The topological polar surface area (TPSA) is 86.8 Å². The summed E-state index contributed by atoms with van der Waals surface area (Å²) in [6.45, 7) is 5.14.